The zero-order valence-corrected chi connectivity index (χ0v) is 15.7. The van der Waals surface area contributed by atoms with Crippen LogP contribution in [0.1, 0.15) is 30.9 Å². The van der Waals surface area contributed by atoms with E-state index in [2.05, 4.69) is 29.7 Å². The van der Waals surface area contributed by atoms with Gasteiger partial charge in [-0.1, -0.05) is 0 Å². The molecule has 0 radical (unpaired) electrons. The SMILES string of the molecule is O=c1ccc(-c2ccncc2)nn1CC1CCCN1Cc1nnc2n1CCC2. The van der Waals surface area contributed by atoms with Crippen LogP contribution < -0.4 is 5.56 Å². The van der Waals surface area contributed by atoms with Crippen LogP contribution >= 0.6 is 0 Å². The normalized spacial score (nSPS) is 19.2. The Morgan fingerprint density at radius 3 is 2.82 bits per heavy atom. The molecule has 3 aromatic rings. The minimum Gasteiger partial charge on any atom is -0.314 e. The molecule has 3 aromatic heterocycles. The van der Waals surface area contributed by atoms with Crippen molar-refractivity contribution in [3.8, 4) is 11.3 Å². The van der Waals surface area contributed by atoms with Crippen LogP contribution in [0.15, 0.2) is 41.5 Å². The maximum absolute atomic E-state index is 12.4. The van der Waals surface area contributed by atoms with Crippen molar-refractivity contribution < 1.29 is 0 Å². The van der Waals surface area contributed by atoms with Gasteiger partial charge in [-0.25, -0.2) is 4.68 Å². The van der Waals surface area contributed by atoms with Crippen molar-refractivity contribution in [2.45, 2.75) is 51.4 Å². The molecule has 1 unspecified atom stereocenters. The molecule has 1 fully saturated rings. The van der Waals surface area contributed by atoms with Crippen LogP contribution in [0, 0.1) is 0 Å². The van der Waals surface area contributed by atoms with E-state index in [-0.39, 0.29) is 11.6 Å². The fraction of sp³-hybridized carbons (Fsp3) is 0.450. The Morgan fingerprint density at radius 2 is 1.93 bits per heavy atom. The summed E-state index contributed by atoms with van der Waals surface area (Å²) in [6, 6.07) is 7.48. The highest BCUT2D eigenvalue weighted by molar-refractivity contribution is 5.56. The first-order chi connectivity index (χ1) is 13.8. The van der Waals surface area contributed by atoms with E-state index in [0.717, 1.165) is 68.2 Å². The predicted molar refractivity (Wildman–Crippen MR) is 104 cm³/mol. The molecule has 8 nitrogen and oxygen atoms in total. The van der Waals surface area contributed by atoms with Crippen molar-refractivity contribution in [2.24, 2.45) is 0 Å². The minimum atomic E-state index is -0.0620. The number of rotatable bonds is 5. The molecule has 1 saturated heterocycles. The summed E-state index contributed by atoms with van der Waals surface area (Å²) in [7, 11) is 0. The van der Waals surface area contributed by atoms with Gasteiger partial charge in [-0.3, -0.25) is 14.7 Å². The number of fused-ring (bicyclic) bond motifs is 1. The lowest BCUT2D eigenvalue weighted by molar-refractivity contribution is 0.209. The summed E-state index contributed by atoms with van der Waals surface area (Å²) in [4.78, 5) is 18.9. The van der Waals surface area contributed by atoms with Gasteiger partial charge >= 0.3 is 0 Å². The maximum atomic E-state index is 12.4. The zero-order valence-electron chi connectivity index (χ0n) is 15.7. The number of nitrogens with zero attached hydrogens (tertiary/aromatic N) is 7. The Bertz CT molecular complexity index is 1030. The molecule has 2 aliphatic rings. The molecule has 8 heteroatoms. The molecule has 0 amide bonds. The molecule has 0 bridgehead atoms. The second kappa shape index (κ2) is 7.27. The number of pyridine rings is 1. The number of hydrogen-bond acceptors (Lipinski definition) is 6. The summed E-state index contributed by atoms with van der Waals surface area (Å²) in [5.41, 5.74) is 1.70. The monoisotopic (exact) mass is 377 g/mol. The van der Waals surface area contributed by atoms with Gasteiger partial charge in [-0.2, -0.15) is 5.10 Å². The summed E-state index contributed by atoms with van der Waals surface area (Å²) in [5.74, 6) is 2.15. The topological polar surface area (TPSA) is 81.7 Å². The van der Waals surface area contributed by atoms with Crippen molar-refractivity contribution in [2.75, 3.05) is 6.54 Å². The molecule has 0 N–H and O–H groups in total. The van der Waals surface area contributed by atoms with Crippen LogP contribution in [0.2, 0.25) is 0 Å². The minimum absolute atomic E-state index is 0.0620. The van der Waals surface area contributed by atoms with Crippen molar-refractivity contribution in [3.63, 3.8) is 0 Å². The van der Waals surface area contributed by atoms with Gasteiger partial charge in [0, 0.05) is 43.0 Å². The molecule has 28 heavy (non-hydrogen) atoms. The van der Waals surface area contributed by atoms with E-state index < -0.39 is 0 Å². The van der Waals surface area contributed by atoms with Crippen LogP contribution in [0.5, 0.6) is 0 Å². The molecular formula is C20H23N7O. The summed E-state index contributed by atoms with van der Waals surface area (Å²) < 4.78 is 3.86. The van der Waals surface area contributed by atoms with Gasteiger partial charge in [0.25, 0.3) is 5.56 Å². The van der Waals surface area contributed by atoms with Crippen molar-refractivity contribution >= 4 is 0 Å². The summed E-state index contributed by atoms with van der Waals surface area (Å²) in [5, 5.41) is 13.3. The van der Waals surface area contributed by atoms with E-state index in [1.807, 2.05) is 12.1 Å². The standard InChI is InChI=1S/C20H23N7O/c28-20-6-5-17(15-7-9-21-10-8-15)24-27(20)13-16-3-1-11-25(16)14-19-23-22-18-4-2-12-26(18)19/h5-10,16H,1-4,11-14H2. The van der Waals surface area contributed by atoms with Gasteiger partial charge in [0.15, 0.2) is 0 Å². The molecule has 5 rings (SSSR count). The van der Waals surface area contributed by atoms with Crippen LogP contribution in [0.4, 0.5) is 0 Å². The predicted octanol–water partition coefficient (Wildman–Crippen LogP) is 1.51. The van der Waals surface area contributed by atoms with Crippen molar-refractivity contribution in [1.29, 1.82) is 0 Å². The summed E-state index contributed by atoms with van der Waals surface area (Å²) in [6.07, 6.45) is 7.85. The largest absolute Gasteiger partial charge is 0.314 e. The molecule has 144 valence electrons. The second-order valence-electron chi connectivity index (χ2n) is 7.53. The lowest BCUT2D eigenvalue weighted by Gasteiger charge is -2.24. The van der Waals surface area contributed by atoms with E-state index in [0.29, 0.717) is 6.54 Å². The molecule has 0 saturated carbocycles. The van der Waals surface area contributed by atoms with Gasteiger partial charge in [-0.15, -0.1) is 10.2 Å². The quantitative estimate of drug-likeness (QED) is 0.670. The zero-order chi connectivity index (χ0) is 18.9. The number of aromatic nitrogens is 6. The third-order valence-corrected chi connectivity index (χ3v) is 5.76. The van der Waals surface area contributed by atoms with Crippen LogP contribution in [0.25, 0.3) is 11.3 Å². The average molecular weight is 377 g/mol. The molecule has 2 aliphatic heterocycles. The van der Waals surface area contributed by atoms with E-state index in [1.165, 1.54) is 0 Å². The number of likely N-dealkylation sites (tertiary alicyclic amines) is 1. The third-order valence-electron chi connectivity index (χ3n) is 5.76. The first-order valence-corrected chi connectivity index (χ1v) is 9.91. The summed E-state index contributed by atoms with van der Waals surface area (Å²) >= 11 is 0. The Morgan fingerprint density at radius 1 is 1.04 bits per heavy atom. The van der Waals surface area contributed by atoms with Gasteiger partial charge in [-0.05, 0) is 44.0 Å². The summed E-state index contributed by atoms with van der Waals surface area (Å²) in [6.45, 7) is 3.42. The Kier molecular flexibility index (Phi) is 4.48. The van der Waals surface area contributed by atoms with E-state index >= 15 is 0 Å². The molecule has 5 heterocycles. The van der Waals surface area contributed by atoms with E-state index in [9.17, 15) is 4.79 Å². The van der Waals surface area contributed by atoms with Crippen molar-refractivity contribution in [1.82, 2.24) is 34.4 Å². The van der Waals surface area contributed by atoms with Gasteiger partial charge in [0.1, 0.15) is 11.6 Å². The highest BCUT2D eigenvalue weighted by atomic mass is 16.1. The third kappa shape index (κ3) is 3.24. The Labute approximate surface area is 162 Å². The van der Waals surface area contributed by atoms with Crippen LogP contribution in [0.3, 0.4) is 0 Å². The van der Waals surface area contributed by atoms with Crippen molar-refractivity contribution in [3.05, 3.63) is 58.7 Å². The molecule has 0 spiro atoms. The first kappa shape index (κ1) is 17.2. The molecular weight excluding hydrogens is 354 g/mol. The molecule has 1 atom stereocenters. The van der Waals surface area contributed by atoms with E-state index in [4.69, 9.17) is 0 Å². The Hall–Kier alpha value is -2.87. The van der Waals surface area contributed by atoms with Gasteiger partial charge < -0.3 is 4.57 Å². The van der Waals surface area contributed by atoms with Gasteiger partial charge in [0.05, 0.1) is 18.8 Å². The first-order valence-electron chi connectivity index (χ1n) is 9.91. The lowest BCUT2D eigenvalue weighted by atomic mass is 10.2. The van der Waals surface area contributed by atoms with E-state index in [1.54, 1.807) is 29.2 Å². The maximum Gasteiger partial charge on any atom is 0.266 e. The van der Waals surface area contributed by atoms with Crippen LogP contribution in [-0.2, 0) is 26.1 Å². The molecule has 0 aliphatic carbocycles. The highest BCUT2D eigenvalue weighted by Crippen LogP contribution is 2.23. The Balaban J connectivity index is 1.35. The smallest absolute Gasteiger partial charge is 0.266 e. The fourth-order valence-electron chi connectivity index (χ4n) is 4.28. The number of hydrogen-bond donors (Lipinski definition) is 0. The van der Waals surface area contributed by atoms with Gasteiger partial charge in [0.2, 0.25) is 0 Å². The highest BCUT2D eigenvalue weighted by Gasteiger charge is 2.28. The number of aryl methyl sites for hydroxylation is 1. The second-order valence-corrected chi connectivity index (χ2v) is 7.53. The lowest BCUT2D eigenvalue weighted by Crippen LogP contribution is -2.37. The van der Waals surface area contributed by atoms with Crippen LogP contribution in [-0.4, -0.2) is 47.0 Å². The molecule has 0 aromatic carbocycles. The average Bonchev–Trinajstić information content (AvgIpc) is 3.44. The fourth-order valence-corrected chi connectivity index (χ4v) is 4.28.